The summed E-state index contributed by atoms with van der Waals surface area (Å²) < 4.78 is 0. The summed E-state index contributed by atoms with van der Waals surface area (Å²) in [5, 5.41) is 0.777. The van der Waals surface area contributed by atoms with E-state index in [4.69, 9.17) is 23.2 Å². The van der Waals surface area contributed by atoms with E-state index in [0.717, 1.165) is 17.7 Å². The van der Waals surface area contributed by atoms with Gasteiger partial charge in [-0.3, -0.25) is 0 Å². The lowest BCUT2D eigenvalue weighted by atomic mass is 9.71. The van der Waals surface area contributed by atoms with E-state index in [1.807, 2.05) is 0 Å². The number of aromatic nitrogens is 2. The third-order valence-electron chi connectivity index (χ3n) is 5.18. The van der Waals surface area contributed by atoms with Crippen LogP contribution in [-0.4, -0.2) is 9.97 Å². The predicted molar refractivity (Wildman–Crippen MR) is 82.9 cm³/mol. The van der Waals surface area contributed by atoms with Crippen molar-refractivity contribution in [2.45, 2.75) is 18.3 Å². The van der Waals surface area contributed by atoms with Crippen LogP contribution in [0, 0.1) is 11.8 Å². The normalized spacial score (nSPS) is 31.0. The van der Waals surface area contributed by atoms with Crippen LogP contribution in [0.4, 0.5) is 0 Å². The molecule has 4 heteroatoms. The van der Waals surface area contributed by atoms with E-state index in [-0.39, 0.29) is 17.1 Å². The Morgan fingerprint density at radius 1 is 0.905 bits per heavy atom. The molecule has 104 valence electrons. The highest BCUT2D eigenvalue weighted by molar-refractivity contribution is 6.32. The Morgan fingerprint density at radius 2 is 1.57 bits per heavy atom. The van der Waals surface area contributed by atoms with Crippen molar-refractivity contribution >= 4 is 23.2 Å². The smallest absolute Gasteiger partial charge is 0.222 e. The van der Waals surface area contributed by atoms with Crippen molar-refractivity contribution in [1.29, 1.82) is 0 Å². The highest BCUT2D eigenvalue weighted by Gasteiger charge is 2.47. The first-order valence-electron chi connectivity index (χ1n) is 7.24. The minimum absolute atomic E-state index is 0.253. The van der Waals surface area contributed by atoms with Gasteiger partial charge < -0.3 is 0 Å². The summed E-state index contributed by atoms with van der Waals surface area (Å²) in [7, 11) is 0. The van der Waals surface area contributed by atoms with Gasteiger partial charge in [0.25, 0.3) is 0 Å². The second kappa shape index (κ2) is 4.08. The van der Waals surface area contributed by atoms with E-state index < -0.39 is 0 Å². The molecule has 6 rings (SSSR count). The fourth-order valence-corrected chi connectivity index (χ4v) is 4.98. The Kier molecular flexibility index (Phi) is 2.37. The lowest BCUT2D eigenvalue weighted by Gasteiger charge is -2.34. The first-order valence-corrected chi connectivity index (χ1v) is 7.99. The molecule has 1 heterocycles. The Hall–Kier alpha value is -1.38. The molecular formula is C17H12Cl2N2. The van der Waals surface area contributed by atoms with Crippen LogP contribution in [0.3, 0.4) is 0 Å². The van der Waals surface area contributed by atoms with Gasteiger partial charge in [0.2, 0.25) is 5.28 Å². The quantitative estimate of drug-likeness (QED) is 0.404. The second-order valence-electron chi connectivity index (χ2n) is 6.11. The van der Waals surface area contributed by atoms with Crippen LogP contribution in [0.1, 0.15) is 40.6 Å². The second-order valence-corrected chi connectivity index (χ2v) is 6.81. The molecule has 21 heavy (non-hydrogen) atoms. The van der Waals surface area contributed by atoms with Gasteiger partial charge >= 0.3 is 0 Å². The molecule has 0 spiro atoms. The first-order chi connectivity index (χ1) is 10.2. The molecule has 0 aliphatic heterocycles. The highest BCUT2D eigenvalue weighted by Crippen LogP contribution is 2.58. The topological polar surface area (TPSA) is 25.8 Å². The third-order valence-corrected chi connectivity index (χ3v) is 5.64. The van der Waals surface area contributed by atoms with Gasteiger partial charge in [-0.2, -0.15) is 0 Å². The largest absolute Gasteiger partial charge is 0.224 e. The van der Waals surface area contributed by atoms with Crippen molar-refractivity contribution in [3.8, 4) is 0 Å². The minimum atomic E-state index is 0.253. The average Bonchev–Trinajstić information content (AvgIpc) is 2.82. The van der Waals surface area contributed by atoms with Gasteiger partial charge in [-0.05, 0) is 41.0 Å². The van der Waals surface area contributed by atoms with Gasteiger partial charge in [-0.1, -0.05) is 48.0 Å². The van der Waals surface area contributed by atoms with Crippen molar-refractivity contribution in [2.75, 3.05) is 0 Å². The number of hydrogen-bond donors (Lipinski definition) is 0. The van der Waals surface area contributed by atoms with E-state index in [1.165, 1.54) is 11.1 Å². The summed E-state index contributed by atoms with van der Waals surface area (Å²) in [5.41, 5.74) is 4.92. The van der Waals surface area contributed by atoms with Crippen LogP contribution in [-0.2, 0) is 0 Å². The molecule has 0 amide bonds. The summed E-state index contributed by atoms with van der Waals surface area (Å²) in [6.07, 6.45) is 5.87. The molecule has 0 N–H and O–H groups in total. The maximum absolute atomic E-state index is 6.46. The molecule has 4 bridgehead atoms. The minimum Gasteiger partial charge on any atom is -0.222 e. The zero-order valence-electron chi connectivity index (χ0n) is 11.1. The summed E-state index contributed by atoms with van der Waals surface area (Å²) in [6.45, 7) is 0. The number of benzene rings is 1. The molecule has 4 atom stereocenters. The van der Waals surface area contributed by atoms with Gasteiger partial charge in [0, 0.05) is 17.4 Å². The molecule has 0 fully saturated rings. The van der Waals surface area contributed by atoms with Crippen molar-refractivity contribution in [2.24, 2.45) is 11.8 Å². The number of allylic oxidation sites excluding steroid dienone is 2. The van der Waals surface area contributed by atoms with Crippen molar-refractivity contribution < 1.29 is 0 Å². The van der Waals surface area contributed by atoms with E-state index in [0.29, 0.717) is 17.0 Å². The molecule has 1 aromatic heterocycles. The number of hydrogen-bond acceptors (Lipinski definition) is 2. The Labute approximate surface area is 132 Å². The van der Waals surface area contributed by atoms with Gasteiger partial charge in [0.05, 0.1) is 5.69 Å². The van der Waals surface area contributed by atoms with Gasteiger partial charge in [0.1, 0.15) is 5.15 Å². The van der Waals surface area contributed by atoms with Crippen molar-refractivity contribution in [3.05, 3.63) is 69.2 Å². The van der Waals surface area contributed by atoms with Crippen LogP contribution >= 0.6 is 23.2 Å². The third kappa shape index (κ3) is 1.50. The lowest BCUT2D eigenvalue weighted by molar-refractivity contribution is 0.503. The molecule has 0 saturated heterocycles. The van der Waals surface area contributed by atoms with E-state index in [2.05, 4.69) is 46.4 Å². The maximum Gasteiger partial charge on any atom is 0.224 e. The van der Waals surface area contributed by atoms with Crippen molar-refractivity contribution in [3.63, 3.8) is 0 Å². The molecular weight excluding hydrogens is 303 g/mol. The maximum atomic E-state index is 6.46. The summed E-state index contributed by atoms with van der Waals surface area (Å²) >= 11 is 12.5. The Bertz CT molecular complexity index is 799. The van der Waals surface area contributed by atoms with Gasteiger partial charge in [0.15, 0.2) is 0 Å². The standard InChI is InChI=1S/C17H12Cl2N2/c18-16-14-12-8-5-6-9(7-8)13(15(14)20-17(19)21-16)11-4-2-1-3-10(11)12/h1-6,8-9,12-13H,7H2/t8-,9+,12-,13+/m0/s1. The molecule has 2 nitrogen and oxygen atoms in total. The number of nitrogens with zero attached hydrogens (tertiary/aromatic N) is 2. The molecule has 0 radical (unpaired) electrons. The zero-order valence-corrected chi connectivity index (χ0v) is 12.6. The molecule has 0 unspecified atom stereocenters. The summed E-state index contributed by atoms with van der Waals surface area (Å²) in [4.78, 5) is 8.77. The predicted octanol–water partition coefficient (Wildman–Crippen LogP) is 4.57. The summed E-state index contributed by atoms with van der Waals surface area (Å²) in [6, 6.07) is 8.69. The van der Waals surface area contributed by atoms with E-state index in [9.17, 15) is 0 Å². The van der Waals surface area contributed by atoms with Crippen LogP contribution in [0.5, 0.6) is 0 Å². The fourth-order valence-electron chi connectivity index (χ4n) is 4.47. The fraction of sp³-hybridized carbons (Fsp3) is 0.294. The van der Waals surface area contributed by atoms with Crippen LogP contribution in [0.15, 0.2) is 36.4 Å². The van der Waals surface area contributed by atoms with E-state index in [1.54, 1.807) is 0 Å². The van der Waals surface area contributed by atoms with Crippen LogP contribution in [0.2, 0.25) is 10.4 Å². The van der Waals surface area contributed by atoms with Crippen LogP contribution < -0.4 is 0 Å². The molecule has 2 aromatic rings. The Balaban J connectivity index is 1.91. The van der Waals surface area contributed by atoms with Gasteiger partial charge in [-0.25, -0.2) is 9.97 Å². The SMILES string of the molecule is Clc1nc(Cl)c2c(n1)[C@H]1c3ccccc3[C@@H]2[C@H]2C=C[C@@H]1C2. The number of halogens is 2. The first kappa shape index (κ1) is 12.2. The zero-order chi connectivity index (χ0) is 14.1. The lowest BCUT2D eigenvalue weighted by Crippen LogP contribution is -2.23. The van der Waals surface area contributed by atoms with Crippen molar-refractivity contribution in [1.82, 2.24) is 9.97 Å². The molecule has 0 saturated carbocycles. The highest BCUT2D eigenvalue weighted by atomic mass is 35.5. The number of rotatable bonds is 0. The van der Waals surface area contributed by atoms with E-state index >= 15 is 0 Å². The van der Waals surface area contributed by atoms with Gasteiger partial charge in [-0.15, -0.1) is 0 Å². The average molecular weight is 315 g/mol. The summed E-state index contributed by atoms with van der Waals surface area (Å²) in [5.74, 6) is 1.50. The molecule has 1 aromatic carbocycles. The monoisotopic (exact) mass is 314 g/mol. The molecule has 4 aliphatic carbocycles. The Morgan fingerprint density at radius 3 is 2.33 bits per heavy atom. The van der Waals surface area contributed by atoms with Crippen LogP contribution in [0.25, 0.3) is 0 Å². The molecule has 4 aliphatic rings.